The molecule has 0 fully saturated rings. The van der Waals surface area contributed by atoms with Crippen molar-refractivity contribution in [1.29, 1.82) is 0 Å². The Morgan fingerprint density at radius 2 is 1.79 bits per heavy atom. The van der Waals surface area contributed by atoms with Crippen LogP contribution >= 0.6 is 22.6 Å². The maximum Gasteiger partial charge on any atom is 0.426 e. The molecule has 94 valence electrons. The molecule has 3 rings (SSSR count). The van der Waals surface area contributed by atoms with E-state index in [2.05, 4.69) is 22.6 Å². The van der Waals surface area contributed by atoms with Gasteiger partial charge >= 0.3 is 11.4 Å². The van der Waals surface area contributed by atoms with Crippen LogP contribution in [0.2, 0.25) is 0 Å². The average molecular weight is 365 g/mol. The van der Waals surface area contributed by atoms with E-state index in [-0.39, 0.29) is 0 Å². The maximum atomic E-state index is 12.0. The molecule has 0 radical (unpaired) electrons. The van der Waals surface area contributed by atoms with Crippen LogP contribution in [0.25, 0.3) is 16.6 Å². The van der Waals surface area contributed by atoms with E-state index in [4.69, 9.17) is 4.42 Å². The summed E-state index contributed by atoms with van der Waals surface area (Å²) in [4.78, 5) is 23.6. The van der Waals surface area contributed by atoms with Crippen LogP contribution < -0.4 is 11.4 Å². The number of benzene rings is 2. The molecule has 0 aliphatic heterocycles. The highest BCUT2D eigenvalue weighted by Gasteiger charge is 2.10. The molecule has 19 heavy (non-hydrogen) atoms. The number of para-hydroxylation sites is 1. The number of rotatable bonds is 1. The fourth-order valence-corrected chi connectivity index (χ4v) is 2.51. The van der Waals surface area contributed by atoms with Gasteiger partial charge in [-0.25, -0.2) is 14.2 Å². The van der Waals surface area contributed by atoms with Crippen LogP contribution in [0, 0.1) is 3.57 Å². The first-order valence-corrected chi connectivity index (χ1v) is 6.65. The van der Waals surface area contributed by atoms with E-state index in [1.54, 1.807) is 30.3 Å². The van der Waals surface area contributed by atoms with Crippen LogP contribution in [0.3, 0.4) is 0 Å². The quantitative estimate of drug-likeness (QED) is 0.623. The van der Waals surface area contributed by atoms with Gasteiger partial charge in [-0.15, -0.1) is 0 Å². The highest BCUT2D eigenvalue weighted by molar-refractivity contribution is 14.1. The third-order valence-electron chi connectivity index (χ3n) is 2.79. The lowest BCUT2D eigenvalue weighted by atomic mass is 10.2. The molecule has 1 heterocycles. The zero-order valence-corrected chi connectivity index (χ0v) is 11.8. The van der Waals surface area contributed by atoms with Crippen molar-refractivity contribution in [2.24, 2.45) is 0 Å². The van der Waals surface area contributed by atoms with Crippen molar-refractivity contribution in [2.75, 3.05) is 0 Å². The molecule has 0 aliphatic rings. The fourth-order valence-electron chi connectivity index (χ4n) is 1.98. The van der Waals surface area contributed by atoms with Crippen molar-refractivity contribution < 1.29 is 4.42 Å². The van der Waals surface area contributed by atoms with Gasteiger partial charge in [0.1, 0.15) is 0 Å². The van der Waals surface area contributed by atoms with E-state index in [0.717, 1.165) is 3.57 Å². The summed E-state index contributed by atoms with van der Waals surface area (Å²) in [6.07, 6.45) is 0. The molecule has 5 heteroatoms. The zero-order chi connectivity index (χ0) is 13.4. The molecular weight excluding hydrogens is 357 g/mol. The summed E-state index contributed by atoms with van der Waals surface area (Å²) in [6, 6.07) is 14.3. The van der Waals surface area contributed by atoms with Crippen molar-refractivity contribution in [1.82, 2.24) is 4.57 Å². The summed E-state index contributed by atoms with van der Waals surface area (Å²) < 4.78 is 7.16. The SMILES string of the molecule is O=c1oc(=O)n(-c2cccc(I)c2)c2ccccc12. The molecule has 4 nitrogen and oxygen atoms in total. The Hall–Kier alpha value is -1.89. The Morgan fingerprint density at radius 3 is 2.58 bits per heavy atom. The molecule has 0 aliphatic carbocycles. The number of hydrogen-bond acceptors (Lipinski definition) is 3. The second-order valence-electron chi connectivity index (χ2n) is 3.99. The Labute approximate surface area is 121 Å². The summed E-state index contributed by atoms with van der Waals surface area (Å²) in [5.41, 5.74) is 0.616. The monoisotopic (exact) mass is 365 g/mol. The second kappa shape index (κ2) is 4.65. The molecule has 0 atom stereocenters. The summed E-state index contributed by atoms with van der Waals surface area (Å²) in [5, 5.41) is 0.390. The predicted molar refractivity (Wildman–Crippen MR) is 80.8 cm³/mol. The number of aromatic nitrogens is 1. The number of halogens is 1. The maximum absolute atomic E-state index is 12.0. The summed E-state index contributed by atoms with van der Waals surface area (Å²) in [5.74, 6) is -0.675. The molecule has 0 bridgehead atoms. The summed E-state index contributed by atoms with van der Waals surface area (Å²) in [7, 11) is 0. The Bertz CT molecular complexity index is 879. The van der Waals surface area contributed by atoms with Crippen molar-refractivity contribution >= 4 is 33.5 Å². The Morgan fingerprint density at radius 1 is 1.00 bits per heavy atom. The van der Waals surface area contributed by atoms with E-state index in [1.165, 1.54) is 4.57 Å². The molecule has 0 N–H and O–H groups in total. The topological polar surface area (TPSA) is 52.2 Å². The first-order chi connectivity index (χ1) is 9.16. The van der Waals surface area contributed by atoms with Gasteiger partial charge in [-0.1, -0.05) is 18.2 Å². The molecule has 0 saturated carbocycles. The molecular formula is C14H8INO3. The van der Waals surface area contributed by atoms with E-state index >= 15 is 0 Å². The minimum absolute atomic E-state index is 0.390. The lowest BCUT2D eigenvalue weighted by Gasteiger charge is -2.08. The lowest BCUT2D eigenvalue weighted by molar-refractivity contribution is 0.444. The molecule has 2 aromatic carbocycles. The number of fused-ring (bicyclic) bond motifs is 1. The van der Waals surface area contributed by atoms with Crippen molar-refractivity contribution in [2.45, 2.75) is 0 Å². The summed E-state index contributed by atoms with van der Waals surface area (Å²) in [6.45, 7) is 0. The second-order valence-corrected chi connectivity index (χ2v) is 5.23. The van der Waals surface area contributed by atoms with Gasteiger partial charge in [-0.2, -0.15) is 0 Å². The number of hydrogen-bond donors (Lipinski definition) is 0. The minimum atomic E-state index is -0.675. The van der Waals surface area contributed by atoms with Gasteiger partial charge in [0, 0.05) is 3.57 Å². The van der Waals surface area contributed by atoms with Gasteiger partial charge in [-0.3, -0.25) is 0 Å². The molecule has 0 spiro atoms. The molecule has 0 saturated heterocycles. The van der Waals surface area contributed by atoms with Crippen LogP contribution in [0.1, 0.15) is 0 Å². The van der Waals surface area contributed by atoms with Gasteiger partial charge in [0.2, 0.25) is 0 Å². The van der Waals surface area contributed by atoms with Gasteiger partial charge in [0.15, 0.2) is 0 Å². The van der Waals surface area contributed by atoms with Gasteiger partial charge in [0.25, 0.3) is 0 Å². The van der Waals surface area contributed by atoms with Crippen LogP contribution in [-0.2, 0) is 0 Å². The highest BCUT2D eigenvalue weighted by atomic mass is 127. The highest BCUT2D eigenvalue weighted by Crippen LogP contribution is 2.15. The molecule has 1 aromatic heterocycles. The Kier molecular flexibility index (Phi) is 2.98. The first kappa shape index (κ1) is 12.2. The fraction of sp³-hybridized carbons (Fsp3) is 0. The van der Waals surface area contributed by atoms with Gasteiger partial charge in [-0.05, 0) is 52.9 Å². The van der Waals surface area contributed by atoms with Crippen molar-refractivity contribution in [3.05, 3.63) is 73.1 Å². The third-order valence-corrected chi connectivity index (χ3v) is 3.46. The molecule has 0 unspecified atom stereocenters. The lowest BCUT2D eigenvalue weighted by Crippen LogP contribution is -2.23. The van der Waals surface area contributed by atoms with Crippen molar-refractivity contribution in [3.8, 4) is 5.69 Å². The van der Waals surface area contributed by atoms with E-state index in [1.807, 2.05) is 18.2 Å². The number of nitrogens with zero attached hydrogens (tertiary/aromatic N) is 1. The standard InChI is InChI=1S/C14H8INO3/c15-9-4-3-5-10(8-9)16-12-7-2-1-6-11(12)13(17)19-14(16)18/h1-8H. The average Bonchev–Trinajstić information content (AvgIpc) is 2.39. The Balaban J connectivity index is 2.48. The van der Waals surface area contributed by atoms with Crippen LogP contribution in [0.5, 0.6) is 0 Å². The van der Waals surface area contributed by atoms with Crippen LogP contribution in [0.15, 0.2) is 62.5 Å². The van der Waals surface area contributed by atoms with E-state index < -0.39 is 11.4 Å². The smallest absolute Gasteiger partial charge is 0.372 e. The van der Waals surface area contributed by atoms with Crippen LogP contribution in [-0.4, -0.2) is 4.57 Å². The first-order valence-electron chi connectivity index (χ1n) is 5.58. The summed E-state index contributed by atoms with van der Waals surface area (Å²) >= 11 is 2.17. The largest absolute Gasteiger partial charge is 0.426 e. The molecule has 0 amide bonds. The van der Waals surface area contributed by atoms with Crippen LogP contribution in [0.4, 0.5) is 0 Å². The third kappa shape index (κ3) is 2.10. The zero-order valence-electron chi connectivity index (χ0n) is 9.67. The predicted octanol–water partition coefficient (Wildman–Crippen LogP) is 2.55. The molecule has 3 aromatic rings. The van der Waals surface area contributed by atoms with E-state index in [0.29, 0.717) is 16.6 Å². The van der Waals surface area contributed by atoms with Gasteiger partial charge < -0.3 is 4.42 Å². The normalized spacial score (nSPS) is 10.8. The van der Waals surface area contributed by atoms with Gasteiger partial charge in [0.05, 0.1) is 16.6 Å². The minimum Gasteiger partial charge on any atom is -0.372 e. The van der Waals surface area contributed by atoms with Crippen molar-refractivity contribution in [3.63, 3.8) is 0 Å². The van der Waals surface area contributed by atoms with E-state index in [9.17, 15) is 9.59 Å².